The third-order valence-electron chi connectivity index (χ3n) is 2.67. The lowest BCUT2D eigenvalue weighted by Gasteiger charge is -2.17. The molecule has 0 atom stereocenters. The van der Waals surface area contributed by atoms with E-state index in [1.807, 2.05) is 32.0 Å². The van der Waals surface area contributed by atoms with Crippen LogP contribution in [0, 0.1) is 0 Å². The van der Waals surface area contributed by atoms with Gasteiger partial charge in [-0.2, -0.15) is 0 Å². The van der Waals surface area contributed by atoms with Crippen molar-refractivity contribution >= 4 is 0 Å². The van der Waals surface area contributed by atoms with E-state index in [4.69, 9.17) is 14.2 Å². The van der Waals surface area contributed by atoms with Crippen molar-refractivity contribution in [1.29, 1.82) is 0 Å². The summed E-state index contributed by atoms with van der Waals surface area (Å²) in [5, 5.41) is 0. The maximum absolute atomic E-state index is 5.79. The molecule has 0 N–H and O–H groups in total. The van der Waals surface area contributed by atoms with Crippen molar-refractivity contribution in [1.82, 2.24) is 0 Å². The zero-order valence-corrected chi connectivity index (χ0v) is 11.6. The molecule has 1 aromatic carbocycles. The van der Waals surface area contributed by atoms with Crippen LogP contribution < -0.4 is 4.74 Å². The molecule has 0 saturated heterocycles. The van der Waals surface area contributed by atoms with Crippen molar-refractivity contribution in [2.45, 2.75) is 39.9 Å². The van der Waals surface area contributed by atoms with E-state index >= 15 is 0 Å². The maximum Gasteiger partial charge on any atom is 0.160 e. The minimum atomic E-state index is -0.159. The van der Waals surface area contributed by atoms with Crippen LogP contribution in [0.3, 0.4) is 0 Å². The standard InChI is InChI=1S/C15H24O3/c1-4-13-9-7-8-10-14(13)18-12-11-15(16-5-2)17-6-3/h7-10,15H,4-6,11-12H2,1-3H3. The van der Waals surface area contributed by atoms with E-state index in [9.17, 15) is 0 Å². The zero-order valence-electron chi connectivity index (χ0n) is 11.6. The highest BCUT2D eigenvalue weighted by Crippen LogP contribution is 2.18. The molecule has 0 bridgehead atoms. The molecule has 0 saturated carbocycles. The van der Waals surface area contributed by atoms with Crippen molar-refractivity contribution in [3.8, 4) is 5.75 Å². The van der Waals surface area contributed by atoms with Crippen molar-refractivity contribution in [3.63, 3.8) is 0 Å². The Morgan fingerprint density at radius 3 is 2.28 bits per heavy atom. The first kappa shape index (κ1) is 15.0. The predicted octanol–water partition coefficient (Wildman–Crippen LogP) is 3.42. The van der Waals surface area contributed by atoms with Gasteiger partial charge in [0.05, 0.1) is 6.61 Å². The van der Waals surface area contributed by atoms with Gasteiger partial charge in [-0.15, -0.1) is 0 Å². The fourth-order valence-corrected chi connectivity index (χ4v) is 1.79. The highest BCUT2D eigenvalue weighted by Gasteiger charge is 2.08. The summed E-state index contributed by atoms with van der Waals surface area (Å²) in [6, 6.07) is 8.14. The average molecular weight is 252 g/mol. The second-order valence-electron chi connectivity index (χ2n) is 3.94. The van der Waals surface area contributed by atoms with Crippen LogP contribution in [-0.4, -0.2) is 26.1 Å². The lowest BCUT2D eigenvalue weighted by atomic mass is 10.1. The lowest BCUT2D eigenvalue weighted by Crippen LogP contribution is -2.20. The quantitative estimate of drug-likeness (QED) is 0.630. The first-order valence-electron chi connectivity index (χ1n) is 6.75. The largest absolute Gasteiger partial charge is 0.493 e. The number of rotatable bonds is 9. The normalized spacial score (nSPS) is 10.9. The fourth-order valence-electron chi connectivity index (χ4n) is 1.79. The van der Waals surface area contributed by atoms with Crippen LogP contribution in [0.4, 0.5) is 0 Å². The molecule has 1 rings (SSSR count). The Hall–Kier alpha value is -1.06. The smallest absolute Gasteiger partial charge is 0.160 e. The topological polar surface area (TPSA) is 27.7 Å². The summed E-state index contributed by atoms with van der Waals surface area (Å²) in [6.45, 7) is 8.01. The molecule has 0 aromatic heterocycles. The molecule has 0 radical (unpaired) electrons. The third-order valence-corrected chi connectivity index (χ3v) is 2.67. The minimum Gasteiger partial charge on any atom is -0.493 e. The van der Waals surface area contributed by atoms with Crippen LogP contribution in [0.15, 0.2) is 24.3 Å². The number of hydrogen-bond acceptors (Lipinski definition) is 3. The molecule has 18 heavy (non-hydrogen) atoms. The first-order valence-corrected chi connectivity index (χ1v) is 6.75. The molecule has 3 heteroatoms. The van der Waals surface area contributed by atoms with Gasteiger partial charge in [-0.25, -0.2) is 0 Å². The van der Waals surface area contributed by atoms with Gasteiger partial charge in [0.1, 0.15) is 5.75 Å². The van der Waals surface area contributed by atoms with Crippen molar-refractivity contribution < 1.29 is 14.2 Å². The highest BCUT2D eigenvalue weighted by molar-refractivity contribution is 5.33. The Morgan fingerprint density at radius 2 is 1.67 bits per heavy atom. The highest BCUT2D eigenvalue weighted by atomic mass is 16.7. The lowest BCUT2D eigenvalue weighted by molar-refractivity contribution is -0.142. The van der Waals surface area contributed by atoms with Crippen LogP contribution in [0.25, 0.3) is 0 Å². The number of ether oxygens (including phenoxy) is 3. The molecule has 0 heterocycles. The van der Waals surface area contributed by atoms with Crippen LogP contribution in [-0.2, 0) is 15.9 Å². The molecular weight excluding hydrogens is 228 g/mol. The van der Waals surface area contributed by atoms with Gasteiger partial charge in [0.15, 0.2) is 6.29 Å². The molecule has 102 valence electrons. The van der Waals surface area contributed by atoms with E-state index in [-0.39, 0.29) is 6.29 Å². The molecule has 0 aliphatic rings. The number of hydrogen-bond donors (Lipinski definition) is 0. The summed E-state index contributed by atoms with van der Waals surface area (Å²) >= 11 is 0. The summed E-state index contributed by atoms with van der Waals surface area (Å²) in [7, 11) is 0. The Labute approximate surface area is 110 Å². The Kier molecular flexibility index (Phi) is 7.46. The summed E-state index contributed by atoms with van der Waals surface area (Å²) in [6.07, 6.45) is 1.57. The van der Waals surface area contributed by atoms with E-state index in [2.05, 4.69) is 13.0 Å². The molecule has 0 aliphatic heterocycles. The van der Waals surface area contributed by atoms with Gasteiger partial charge >= 0.3 is 0 Å². The maximum atomic E-state index is 5.79. The van der Waals surface area contributed by atoms with Crippen molar-refractivity contribution in [3.05, 3.63) is 29.8 Å². The van der Waals surface area contributed by atoms with Gasteiger partial charge in [0.25, 0.3) is 0 Å². The van der Waals surface area contributed by atoms with Crippen LogP contribution >= 0.6 is 0 Å². The van der Waals surface area contributed by atoms with Gasteiger partial charge < -0.3 is 14.2 Å². The summed E-state index contributed by atoms with van der Waals surface area (Å²) in [4.78, 5) is 0. The second-order valence-corrected chi connectivity index (χ2v) is 3.94. The van der Waals surface area contributed by atoms with Crippen LogP contribution in [0.1, 0.15) is 32.8 Å². The number of aryl methyl sites for hydroxylation is 1. The van der Waals surface area contributed by atoms with E-state index in [0.717, 1.165) is 18.6 Å². The van der Waals surface area contributed by atoms with Crippen LogP contribution in [0.5, 0.6) is 5.75 Å². The molecule has 0 amide bonds. The Balaban J connectivity index is 2.39. The van der Waals surface area contributed by atoms with Gasteiger partial charge in [-0.05, 0) is 31.9 Å². The molecule has 1 aromatic rings. The monoisotopic (exact) mass is 252 g/mol. The number of benzene rings is 1. The Bertz CT molecular complexity index is 319. The summed E-state index contributed by atoms with van der Waals surface area (Å²) in [5.41, 5.74) is 1.24. The van der Waals surface area contributed by atoms with E-state index in [1.165, 1.54) is 5.56 Å². The molecule has 3 nitrogen and oxygen atoms in total. The van der Waals surface area contributed by atoms with Gasteiger partial charge in [-0.3, -0.25) is 0 Å². The van der Waals surface area contributed by atoms with E-state index < -0.39 is 0 Å². The molecule has 0 spiro atoms. The van der Waals surface area contributed by atoms with Crippen molar-refractivity contribution in [2.24, 2.45) is 0 Å². The third kappa shape index (κ3) is 5.07. The zero-order chi connectivity index (χ0) is 13.2. The van der Waals surface area contributed by atoms with Crippen molar-refractivity contribution in [2.75, 3.05) is 19.8 Å². The fraction of sp³-hybridized carbons (Fsp3) is 0.600. The second kappa shape index (κ2) is 8.95. The predicted molar refractivity (Wildman–Crippen MR) is 73.0 cm³/mol. The van der Waals surface area contributed by atoms with Gasteiger partial charge in [0.2, 0.25) is 0 Å². The number of para-hydroxylation sites is 1. The molecular formula is C15H24O3. The molecule has 0 aliphatic carbocycles. The SMILES string of the molecule is CCOC(CCOc1ccccc1CC)OCC. The first-order chi connectivity index (χ1) is 8.81. The van der Waals surface area contributed by atoms with Gasteiger partial charge in [0, 0.05) is 19.6 Å². The summed E-state index contributed by atoms with van der Waals surface area (Å²) in [5.74, 6) is 0.965. The molecule has 0 fully saturated rings. The molecule has 0 unspecified atom stereocenters. The average Bonchev–Trinajstić information content (AvgIpc) is 2.40. The van der Waals surface area contributed by atoms with E-state index in [0.29, 0.717) is 19.8 Å². The van der Waals surface area contributed by atoms with Crippen LogP contribution in [0.2, 0.25) is 0 Å². The minimum absolute atomic E-state index is 0.159. The Morgan fingerprint density at radius 1 is 1.00 bits per heavy atom. The van der Waals surface area contributed by atoms with Gasteiger partial charge in [-0.1, -0.05) is 25.1 Å². The van der Waals surface area contributed by atoms with E-state index in [1.54, 1.807) is 0 Å². The summed E-state index contributed by atoms with van der Waals surface area (Å²) < 4.78 is 16.7.